The van der Waals surface area contributed by atoms with Crippen LogP contribution in [-0.4, -0.2) is 34.6 Å². The van der Waals surface area contributed by atoms with E-state index in [-0.39, 0.29) is 28.1 Å². The highest BCUT2D eigenvalue weighted by Crippen LogP contribution is 2.40. The van der Waals surface area contributed by atoms with E-state index < -0.39 is 16.6 Å². The summed E-state index contributed by atoms with van der Waals surface area (Å²) in [5, 5.41) is 0.241. The minimum atomic E-state index is -1.95. The third-order valence-electron chi connectivity index (χ3n) is 6.30. The van der Waals surface area contributed by atoms with Crippen LogP contribution in [0.4, 0.5) is 0 Å². The van der Waals surface area contributed by atoms with Crippen LogP contribution in [0.3, 0.4) is 0 Å². The van der Waals surface area contributed by atoms with Gasteiger partial charge in [0.2, 0.25) is 0 Å². The minimum absolute atomic E-state index is 0.120. The first-order chi connectivity index (χ1) is 10.6. The Kier molecular flexibility index (Phi) is 6.74. The van der Waals surface area contributed by atoms with Crippen molar-refractivity contribution >= 4 is 22.4 Å². The fraction of sp³-hybridized carbons (Fsp3) is 0.947. The molecule has 3 nitrogen and oxygen atoms in total. The Morgan fingerprint density at radius 2 is 1.04 bits per heavy atom. The lowest BCUT2D eigenvalue weighted by atomic mass is 10.1. The van der Waals surface area contributed by atoms with Crippen molar-refractivity contribution in [1.82, 2.24) is 0 Å². The zero-order valence-electron chi connectivity index (χ0n) is 17.7. The number of Topliss-reactive ketones (excluding diaryl/α,β-unsaturated/α-hetero) is 1. The van der Waals surface area contributed by atoms with Gasteiger partial charge in [-0.2, -0.15) is 0 Å². The standard InChI is InChI=1S/C19H40O3Si2/c1-18(2,3)23(7,8)21-15-13-11-12-14-16(17(15)20)22-24(9,10)19(4,5)6/h15-16H,11-14H2,1-10H3/t15-,16-/m0/s1. The zero-order chi connectivity index (χ0) is 19.0. The molecule has 0 bridgehead atoms. The molecule has 1 aliphatic carbocycles. The Labute approximate surface area is 152 Å². The lowest BCUT2D eigenvalue weighted by molar-refractivity contribution is -0.133. The molecular weight excluding hydrogens is 332 g/mol. The molecule has 1 saturated carbocycles. The molecule has 1 rings (SSSR count). The number of rotatable bonds is 4. The van der Waals surface area contributed by atoms with Gasteiger partial charge in [0.1, 0.15) is 12.2 Å². The molecular formula is C19H40O3Si2. The summed E-state index contributed by atoms with van der Waals surface area (Å²) in [5.74, 6) is 0.196. The van der Waals surface area contributed by atoms with Crippen LogP contribution in [0.25, 0.3) is 0 Å². The maximum Gasteiger partial charge on any atom is 0.193 e. The molecule has 142 valence electrons. The molecule has 0 aliphatic heterocycles. The SMILES string of the molecule is CC(C)(C)[Si](C)(C)O[C@H]1CCCC[C@H](O[Si](C)(C)C(C)(C)C)C1=O. The topological polar surface area (TPSA) is 35.5 Å². The van der Waals surface area contributed by atoms with Gasteiger partial charge in [-0.05, 0) is 49.1 Å². The molecule has 0 radical (unpaired) electrons. The van der Waals surface area contributed by atoms with Crippen LogP contribution < -0.4 is 0 Å². The van der Waals surface area contributed by atoms with E-state index in [9.17, 15) is 4.79 Å². The summed E-state index contributed by atoms with van der Waals surface area (Å²) in [6.45, 7) is 22.3. The average Bonchev–Trinajstić information content (AvgIpc) is 2.51. The van der Waals surface area contributed by atoms with Gasteiger partial charge >= 0.3 is 0 Å². The molecule has 0 aromatic carbocycles. The van der Waals surface area contributed by atoms with Crippen LogP contribution in [0, 0.1) is 0 Å². The van der Waals surface area contributed by atoms with Gasteiger partial charge in [-0.15, -0.1) is 0 Å². The van der Waals surface area contributed by atoms with Crippen LogP contribution in [0.1, 0.15) is 67.2 Å². The van der Waals surface area contributed by atoms with Crippen molar-refractivity contribution in [2.45, 2.75) is 116 Å². The Balaban J connectivity index is 2.93. The second-order valence-electron chi connectivity index (χ2n) is 10.4. The molecule has 24 heavy (non-hydrogen) atoms. The first-order valence-corrected chi connectivity index (χ1v) is 15.3. The number of carbonyl (C=O) groups excluding carboxylic acids is 1. The van der Waals surface area contributed by atoms with Crippen LogP contribution in [0.15, 0.2) is 0 Å². The van der Waals surface area contributed by atoms with Gasteiger partial charge in [0.05, 0.1) is 0 Å². The summed E-state index contributed by atoms with van der Waals surface area (Å²) < 4.78 is 13.0. The molecule has 0 amide bonds. The summed E-state index contributed by atoms with van der Waals surface area (Å²) in [5.41, 5.74) is 0. The van der Waals surface area contributed by atoms with Crippen LogP contribution in [0.2, 0.25) is 36.3 Å². The van der Waals surface area contributed by atoms with E-state index in [1.165, 1.54) is 0 Å². The van der Waals surface area contributed by atoms with Crippen LogP contribution in [0.5, 0.6) is 0 Å². The van der Waals surface area contributed by atoms with Crippen LogP contribution >= 0.6 is 0 Å². The van der Waals surface area contributed by atoms with Crippen molar-refractivity contribution in [3.05, 3.63) is 0 Å². The summed E-state index contributed by atoms with van der Waals surface area (Å²) in [4.78, 5) is 13.1. The molecule has 5 heteroatoms. The number of hydrogen-bond donors (Lipinski definition) is 0. The first-order valence-electron chi connectivity index (χ1n) is 9.48. The summed E-state index contributed by atoms with van der Waals surface area (Å²) in [7, 11) is -3.89. The van der Waals surface area contributed by atoms with Crippen molar-refractivity contribution in [3.8, 4) is 0 Å². The highest BCUT2D eigenvalue weighted by molar-refractivity contribution is 6.74. The van der Waals surface area contributed by atoms with Crippen LogP contribution in [-0.2, 0) is 13.6 Å². The molecule has 0 unspecified atom stereocenters. The quantitative estimate of drug-likeness (QED) is 0.454. The van der Waals surface area contributed by atoms with Gasteiger partial charge in [-0.1, -0.05) is 54.4 Å². The van der Waals surface area contributed by atoms with Crippen molar-refractivity contribution < 1.29 is 13.6 Å². The molecule has 0 N–H and O–H groups in total. The second-order valence-corrected chi connectivity index (χ2v) is 19.9. The summed E-state index contributed by atoms with van der Waals surface area (Å²) >= 11 is 0. The highest BCUT2D eigenvalue weighted by Gasteiger charge is 2.45. The Morgan fingerprint density at radius 3 is 1.29 bits per heavy atom. The first kappa shape index (κ1) is 22.1. The summed E-state index contributed by atoms with van der Waals surface area (Å²) in [6.07, 6.45) is 3.27. The van der Waals surface area contributed by atoms with Crippen molar-refractivity contribution in [1.29, 1.82) is 0 Å². The van der Waals surface area contributed by atoms with E-state index in [2.05, 4.69) is 67.7 Å². The van der Waals surface area contributed by atoms with Gasteiger partial charge in [-0.25, -0.2) is 0 Å². The largest absolute Gasteiger partial charge is 0.407 e. The smallest absolute Gasteiger partial charge is 0.193 e. The van der Waals surface area contributed by atoms with Crippen molar-refractivity contribution in [2.75, 3.05) is 0 Å². The van der Waals surface area contributed by atoms with Crippen molar-refractivity contribution in [2.24, 2.45) is 0 Å². The molecule has 0 aromatic rings. The number of ketones is 1. The van der Waals surface area contributed by atoms with E-state index in [1.807, 2.05) is 0 Å². The van der Waals surface area contributed by atoms with Gasteiger partial charge in [0.25, 0.3) is 0 Å². The molecule has 2 atom stereocenters. The molecule has 0 heterocycles. The van der Waals surface area contributed by atoms with Crippen molar-refractivity contribution in [3.63, 3.8) is 0 Å². The van der Waals surface area contributed by atoms with Gasteiger partial charge in [0.15, 0.2) is 22.4 Å². The van der Waals surface area contributed by atoms with E-state index in [4.69, 9.17) is 8.85 Å². The summed E-state index contributed by atoms with van der Waals surface area (Å²) in [6, 6.07) is 0. The Morgan fingerprint density at radius 1 is 0.750 bits per heavy atom. The molecule has 0 aromatic heterocycles. The molecule has 0 spiro atoms. The predicted molar refractivity (Wildman–Crippen MR) is 108 cm³/mol. The van der Waals surface area contributed by atoms with Gasteiger partial charge < -0.3 is 8.85 Å². The van der Waals surface area contributed by atoms with Gasteiger partial charge in [-0.3, -0.25) is 4.79 Å². The Bertz CT molecular complexity index is 405. The van der Waals surface area contributed by atoms with Gasteiger partial charge in [0, 0.05) is 0 Å². The minimum Gasteiger partial charge on any atom is -0.407 e. The fourth-order valence-corrected chi connectivity index (χ4v) is 5.05. The highest BCUT2D eigenvalue weighted by atomic mass is 28.4. The molecule has 1 aliphatic rings. The van der Waals surface area contributed by atoms with E-state index in [0.717, 1.165) is 25.7 Å². The lowest BCUT2D eigenvalue weighted by Crippen LogP contribution is -2.51. The predicted octanol–water partition coefficient (Wildman–Crippen LogP) is 5.91. The number of hydrogen-bond acceptors (Lipinski definition) is 3. The molecule has 1 fully saturated rings. The monoisotopic (exact) mass is 372 g/mol. The van der Waals surface area contributed by atoms with E-state index in [1.54, 1.807) is 0 Å². The third kappa shape index (κ3) is 5.26. The fourth-order valence-electron chi connectivity index (χ4n) is 2.45. The maximum atomic E-state index is 13.1. The second kappa shape index (κ2) is 7.33. The Hall–Kier alpha value is 0.0238. The normalized spacial score (nSPS) is 24.8. The zero-order valence-corrected chi connectivity index (χ0v) is 19.7. The average molecular weight is 373 g/mol. The number of carbonyl (C=O) groups is 1. The maximum absolute atomic E-state index is 13.1. The van der Waals surface area contributed by atoms with E-state index >= 15 is 0 Å². The lowest BCUT2D eigenvalue weighted by Gasteiger charge is -2.41. The molecule has 0 saturated heterocycles. The van der Waals surface area contributed by atoms with E-state index in [0.29, 0.717) is 0 Å². The third-order valence-corrected chi connectivity index (χ3v) is 15.3.